The third-order valence-electron chi connectivity index (χ3n) is 1.27. The SMILES string of the molecule is CS(=O)(=O)Oc1ncccc1C(N)=O. The fraction of sp³-hybridized carbons (Fsp3) is 0.143. The number of nitrogens with zero attached hydrogens (tertiary/aromatic N) is 1. The maximum absolute atomic E-state index is 10.8. The van der Waals surface area contributed by atoms with E-state index in [1.807, 2.05) is 0 Å². The second-order valence-electron chi connectivity index (χ2n) is 2.51. The number of primary amides is 1. The quantitative estimate of drug-likeness (QED) is 0.688. The molecule has 1 aromatic rings. The van der Waals surface area contributed by atoms with Gasteiger partial charge in [0.05, 0.1) is 6.26 Å². The molecule has 0 unspecified atom stereocenters. The van der Waals surface area contributed by atoms with Crippen LogP contribution in [0.1, 0.15) is 10.4 Å². The average molecular weight is 216 g/mol. The summed E-state index contributed by atoms with van der Waals surface area (Å²) in [5.74, 6) is -1.10. The lowest BCUT2D eigenvalue weighted by Crippen LogP contribution is -2.16. The molecule has 0 aliphatic rings. The van der Waals surface area contributed by atoms with Crippen LogP contribution in [0.2, 0.25) is 0 Å². The van der Waals surface area contributed by atoms with Crippen LogP contribution in [0.15, 0.2) is 18.3 Å². The molecule has 0 saturated carbocycles. The Balaban J connectivity index is 3.15. The zero-order valence-corrected chi connectivity index (χ0v) is 8.11. The van der Waals surface area contributed by atoms with Crippen molar-refractivity contribution in [3.8, 4) is 5.88 Å². The molecule has 0 bridgehead atoms. The molecule has 1 rings (SSSR count). The van der Waals surface area contributed by atoms with Crippen LogP contribution in [0.5, 0.6) is 5.88 Å². The van der Waals surface area contributed by atoms with Gasteiger partial charge in [0.15, 0.2) is 0 Å². The molecule has 0 atom stereocenters. The summed E-state index contributed by atoms with van der Waals surface area (Å²) in [6.45, 7) is 0. The standard InChI is InChI=1S/C7H8N2O4S/c1-14(11,12)13-7-5(6(8)10)3-2-4-9-7/h2-4H,1H3,(H2,8,10). The van der Waals surface area contributed by atoms with Gasteiger partial charge in [-0.2, -0.15) is 8.42 Å². The van der Waals surface area contributed by atoms with Crippen LogP contribution in [-0.2, 0) is 10.1 Å². The van der Waals surface area contributed by atoms with Gasteiger partial charge in [0, 0.05) is 6.20 Å². The van der Waals surface area contributed by atoms with Crippen molar-refractivity contribution in [2.45, 2.75) is 0 Å². The predicted molar refractivity (Wildman–Crippen MR) is 48.2 cm³/mol. The molecular formula is C7H8N2O4S. The molecule has 1 heterocycles. The molecule has 0 radical (unpaired) electrons. The summed E-state index contributed by atoms with van der Waals surface area (Å²) >= 11 is 0. The molecule has 1 amide bonds. The van der Waals surface area contributed by atoms with Gasteiger partial charge >= 0.3 is 10.1 Å². The maximum atomic E-state index is 10.8. The highest BCUT2D eigenvalue weighted by molar-refractivity contribution is 7.86. The largest absolute Gasteiger partial charge is 0.365 e. The molecule has 1 aromatic heterocycles. The zero-order chi connectivity index (χ0) is 10.8. The van der Waals surface area contributed by atoms with Gasteiger partial charge in [-0.25, -0.2) is 4.98 Å². The topological polar surface area (TPSA) is 99.3 Å². The normalized spacial score (nSPS) is 10.9. The Kier molecular flexibility index (Phi) is 2.70. The van der Waals surface area contributed by atoms with E-state index in [0.29, 0.717) is 0 Å². The summed E-state index contributed by atoms with van der Waals surface area (Å²) in [4.78, 5) is 14.4. The van der Waals surface area contributed by atoms with E-state index in [-0.39, 0.29) is 11.4 Å². The summed E-state index contributed by atoms with van der Waals surface area (Å²) in [5.41, 5.74) is 4.91. The van der Waals surface area contributed by atoms with Crippen molar-refractivity contribution >= 4 is 16.0 Å². The minimum absolute atomic E-state index is 0.0714. The number of hydrogen-bond acceptors (Lipinski definition) is 5. The fourth-order valence-electron chi connectivity index (χ4n) is 0.788. The van der Waals surface area contributed by atoms with E-state index in [4.69, 9.17) is 5.73 Å². The number of hydrogen-bond donors (Lipinski definition) is 1. The number of aromatic nitrogens is 1. The van der Waals surface area contributed by atoms with Gasteiger partial charge in [0.25, 0.3) is 5.91 Å². The molecule has 2 N–H and O–H groups in total. The predicted octanol–water partition coefficient (Wildman–Crippen LogP) is -0.481. The van der Waals surface area contributed by atoms with Gasteiger partial charge in [-0.15, -0.1) is 0 Å². The minimum Gasteiger partial charge on any atom is -0.365 e. The summed E-state index contributed by atoms with van der Waals surface area (Å²) in [6, 6.07) is 2.78. The first-order valence-corrected chi connectivity index (χ1v) is 5.36. The van der Waals surface area contributed by atoms with E-state index < -0.39 is 16.0 Å². The van der Waals surface area contributed by atoms with Crippen LogP contribution >= 0.6 is 0 Å². The van der Waals surface area contributed by atoms with Gasteiger partial charge in [-0.05, 0) is 12.1 Å². The Hall–Kier alpha value is -1.63. The lowest BCUT2D eigenvalue weighted by Gasteiger charge is -2.04. The average Bonchev–Trinajstić information content (AvgIpc) is 2.01. The summed E-state index contributed by atoms with van der Waals surface area (Å²) in [5, 5.41) is 0. The molecule has 0 aliphatic carbocycles. The molecule has 14 heavy (non-hydrogen) atoms. The van der Waals surface area contributed by atoms with Gasteiger partial charge in [0.1, 0.15) is 5.56 Å². The van der Waals surface area contributed by atoms with E-state index in [0.717, 1.165) is 6.26 Å². The van der Waals surface area contributed by atoms with Crippen LogP contribution in [0.3, 0.4) is 0 Å². The molecule has 7 heteroatoms. The van der Waals surface area contributed by atoms with Gasteiger partial charge < -0.3 is 9.92 Å². The zero-order valence-electron chi connectivity index (χ0n) is 7.30. The Morgan fingerprint density at radius 3 is 2.71 bits per heavy atom. The number of rotatable bonds is 3. The number of pyridine rings is 1. The Bertz CT molecular complexity index is 455. The van der Waals surface area contributed by atoms with Crippen molar-refractivity contribution in [2.24, 2.45) is 5.73 Å². The van der Waals surface area contributed by atoms with Crippen LogP contribution in [0.4, 0.5) is 0 Å². The van der Waals surface area contributed by atoms with Gasteiger partial charge in [-0.1, -0.05) is 0 Å². The first-order valence-electron chi connectivity index (χ1n) is 3.54. The van der Waals surface area contributed by atoms with Crippen LogP contribution in [0.25, 0.3) is 0 Å². The number of carbonyl (C=O) groups excluding carboxylic acids is 1. The smallest absolute Gasteiger partial charge is 0.307 e. The molecule has 0 aromatic carbocycles. The third-order valence-corrected chi connectivity index (χ3v) is 1.73. The van der Waals surface area contributed by atoms with E-state index in [2.05, 4.69) is 9.17 Å². The third kappa shape index (κ3) is 2.70. The van der Waals surface area contributed by atoms with Crippen LogP contribution in [0, 0.1) is 0 Å². The van der Waals surface area contributed by atoms with Crippen molar-refractivity contribution in [1.29, 1.82) is 0 Å². The van der Waals surface area contributed by atoms with Crippen molar-refractivity contribution in [1.82, 2.24) is 4.98 Å². The minimum atomic E-state index is -3.70. The monoisotopic (exact) mass is 216 g/mol. The van der Waals surface area contributed by atoms with E-state index >= 15 is 0 Å². The Labute approximate surface area is 80.8 Å². The van der Waals surface area contributed by atoms with Crippen molar-refractivity contribution in [3.05, 3.63) is 23.9 Å². The van der Waals surface area contributed by atoms with Crippen LogP contribution < -0.4 is 9.92 Å². The number of amides is 1. The molecule has 0 spiro atoms. The molecule has 0 fully saturated rings. The van der Waals surface area contributed by atoms with Crippen molar-refractivity contribution in [2.75, 3.05) is 6.26 Å². The van der Waals surface area contributed by atoms with E-state index in [1.165, 1.54) is 18.3 Å². The molecular weight excluding hydrogens is 208 g/mol. The summed E-state index contributed by atoms with van der Waals surface area (Å²) in [6.07, 6.45) is 2.15. The van der Waals surface area contributed by atoms with Crippen LogP contribution in [-0.4, -0.2) is 25.6 Å². The van der Waals surface area contributed by atoms with Gasteiger partial charge in [0.2, 0.25) is 5.88 Å². The number of carbonyl (C=O) groups is 1. The maximum Gasteiger partial charge on any atom is 0.307 e. The first-order chi connectivity index (χ1) is 6.40. The molecule has 0 saturated heterocycles. The summed E-state index contributed by atoms with van der Waals surface area (Å²) < 4.78 is 26.0. The van der Waals surface area contributed by atoms with E-state index in [1.54, 1.807) is 0 Å². The van der Waals surface area contributed by atoms with Gasteiger partial charge in [-0.3, -0.25) is 4.79 Å². The Morgan fingerprint density at radius 1 is 1.57 bits per heavy atom. The fourth-order valence-corrected chi connectivity index (χ4v) is 1.21. The molecule has 6 nitrogen and oxygen atoms in total. The second kappa shape index (κ2) is 3.62. The second-order valence-corrected chi connectivity index (χ2v) is 4.08. The molecule has 0 aliphatic heterocycles. The lowest BCUT2D eigenvalue weighted by atomic mass is 10.2. The van der Waals surface area contributed by atoms with E-state index in [9.17, 15) is 13.2 Å². The highest BCUT2D eigenvalue weighted by Gasteiger charge is 2.14. The summed E-state index contributed by atoms with van der Waals surface area (Å²) in [7, 11) is -3.70. The number of nitrogens with two attached hydrogens (primary N) is 1. The lowest BCUT2D eigenvalue weighted by molar-refractivity contribution is 0.0998. The van der Waals surface area contributed by atoms with Crippen molar-refractivity contribution in [3.63, 3.8) is 0 Å². The highest BCUT2D eigenvalue weighted by atomic mass is 32.2. The molecule has 76 valence electrons. The van der Waals surface area contributed by atoms with Crippen molar-refractivity contribution < 1.29 is 17.4 Å². The highest BCUT2D eigenvalue weighted by Crippen LogP contribution is 2.14. The Morgan fingerprint density at radius 2 is 2.21 bits per heavy atom. The first kappa shape index (κ1) is 10.5.